The smallest absolute Gasteiger partial charge is 0.256 e. The molecule has 0 aromatic carbocycles. The zero-order valence-electron chi connectivity index (χ0n) is 9.53. The summed E-state index contributed by atoms with van der Waals surface area (Å²) in [4.78, 5) is 15.7. The van der Waals surface area contributed by atoms with Gasteiger partial charge in [-0.1, -0.05) is 0 Å². The van der Waals surface area contributed by atoms with Crippen LogP contribution in [-0.2, 0) is 4.74 Å². The molecule has 1 rings (SSSR count). The molecule has 1 N–H and O–H groups in total. The highest BCUT2D eigenvalue weighted by atomic mass is 16.5. The lowest BCUT2D eigenvalue weighted by Crippen LogP contribution is -2.25. The number of carbonyl (C=O) groups excluding carboxylic acids is 1. The predicted molar refractivity (Wildman–Crippen MR) is 59.6 cm³/mol. The van der Waals surface area contributed by atoms with Gasteiger partial charge in [0.15, 0.2) is 0 Å². The van der Waals surface area contributed by atoms with E-state index in [1.807, 2.05) is 0 Å². The Morgan fingerprint density at radius 3 is 3.00 bits per heavy atom. The lowest BCUT2D eigenvalue weighted by atomic mass is 10.2. The SMILES string of the molecule is COCCCNC(=O)c1cccnc1OC. The van der Waals surface area contributed by atoms with Crippen LogP contribution in [0.25, 0.3) is 0 Å². The van der Waals surface area contributed by atoms with Crippen molar-refractivity contribution in [2.45, 2.75) is 6.42 Å². The quantitative estimate of drug-likeness (QED) is 0.728. The Kier molecular flexibility index (Phi) is 5.28. The number of carbonyl (C=O) groups is 1. The van der Waals surface area contributed by atoms with Gasteiger partial charge in [0.2, 0.25) is 5.88 Å². The number of hydrogen-bond donors (Lipinski definition) is 1. The number of methoxy groups -OCH3 is 2. The zero-order valence-corrected chi connectivity index (χ0v) is 9.53. The summed E-state index contributed by atoms with van der Waals surface area (Å²) >= 11 is 0. The minimum atomic E-state index is -0.180. The number of rotatable bonds is 6. The molecule has 0 bridgehead atoms. The topological polar surface area (TPSA) is 60.5 Å². The summed E-state index contributed by atoms with van der Waals surface area (Å²) in [6.07, 6.45) is 2.37. The van der Waals surface area contributed by atoms with Crippen molar-refractivity contribution in [3.8, 4) is 5.88 Å². The maximum absolute atomic E-state index is 11.7. The third-order valence-corrected chi connectivity index (χ3v) is 2.02. The molecule has 0 saturated heterocycles. The molecule has 0 saturated carbocycles. The van der Waals surface area contributed by atoms with Gasteiger partial charge in [-0.05, 0) is 18.6 Å². The lowest BCUT2D eigenvalue weighted by molar-refractivity contribution is 0.0945. The van der Waals surface area contributed by atoms with E-state index in [0.29, 0.717) is 24.6 Å². The molecule has 0 atom stereocenters. The number of hydrogen-bond acceptors (Lipinski definition) is 4. The van der Waals surface area contributed by atoms with E-state index in [4.69, 9.17) is 9.47 Å². The monoisotopic (exact) mass is 224 g/mol. The minimum Gasteiger partial charge on any atom is -0.480 e. The second-order valence-corrected chi connectivity index (χ2v) is 3.16. The van der Waals surface area contributed by atoms with E-state index < -0.39 is 0 Å². The molecule has 5 nitrogen and oxygen atoms in total. The standard InChI is InChI=1S/C11H16N2O3/c1-15-8-4-7-12-10(14)9-5-3-6-13-11(9)16-2/h3,5-6H,4,7-8H2,1-2H3,(H,12,14). The first-order valence-electron chi connectivity index (χ1n) is 5.05. The average Bonchev–Trinajstić information content (AvgIpc) is 2.34. The first kappa shape index (κ1) is 12.4. The van der Waals surface area contributed by atoms with Crippen LogP contribution in [-0.4, -0.2) is 38.3 Å². The van der Waals surface area contributed by atoms with Gasteiger partial charge in [-0.2, -0.15) is 0 Å². The van der Waals surface area contributed by atoms with Gasteiger partial charge in [-0.25, -0.2) is 4.98 Å². The maximum Gasteiger partial charge on any atom is 0.256 e. The van der Waals surface area contributed by atoms with E-state index in [0.717, 1.165) is 6.42 Å². The van der Waals surface area contributed by atoms with Crippen molar-refractivity contribution in [3.63, 3.8) is 0 Å². The van der Waals surface area contributed by atoms with Gasteiger partial charge in [-0.3, -0.25) is 4.79 Å². The summed E-state index contributed by atoms with van der Waals surface area (Å²) < 4.78 is 9.88. The summed E-state index contributed by atoms with van der Waals surface area (Å²) in [6, 6.07) is 3.38. The van der Waals surface area contributed by atoms with Crippen LogP contribution in [0.1, 0.15) is 16.8 Å². The van der Waals surface area contributed by atoms with Crippen molar-refractivity contribution in [3.05, 3.63) is 23.9 Å². The molecule has 16 heavy (non-hydrogen) atoms. The number of nitrogens with zero attached hydrogens (tertiary/aromatic N) is 1. The molecule has 5 heteroatoms. The van der Waals surface area contributed by atoms with Gasteiger partial charge in [0.25, 0.3) is 5.91 Å². The van der Waals surface area contributed by atoms with Crippen molar-refractivity contribution < 1.29 is 14.3 Å². The van der Waals surface area contributed by atoms with E-state index >= 15 is 0 Å². The third-order valence-electron chi connectivity index (χ3n) is 2.02. The summed E-state index contributed by atoms with van der Waals surface area (Å²) in [5, 5.41) is 2.77. The van der Waals surface area contributed by atoms with Crippen LogP contribution in [0.3, 0.4) is 0 Å². The van der Waals surface area contributed by atoms with Crippen LogP contribution in [0.4, 0.5) is 0 Å². The fourth-order valence-electron chi connectivity index (χ4n) is 1.24. The largest absolute Gasteiger partial charge is 0.480 e. The van der Waals surface area contributed by atoms with Crippen molar-refractivity contribution in [2.75, 3.05) is 27.4 Å². The Morgan fingerprint density at radius 2 is 2.31 bits per heavy atom. The van der Waals surface area contributed by atoms with Crippen LogP contribution in [0.5, 0.6) is 5.88 Å². The zero-order chi connectivity index (χ0) is 11.8. The fourth-order valence-corrected chi connectivity index (χ4v) is 1.24. The summed E-state index contributed by atoms with van der Waals surface area (Å²) in [6.45, 7) is 1.20. The highest BCUT2D eigenvalue weighted by Gasteiger charge is 2.11. The molecule has 88 valence electrons. The number of nitrogens with one attached hydrogen (secondary N) is 1. The van der Waals surface area contributed by atoms with Crippen LogP contribution in [0.2, 0.25) is 0 Å². The molecule has 0 fully saturated rings. The molecule has 0 aliphatic heterocycles. The van der Waals surface area contributed by atoms with E-state index in [2.05, 4.69) is 10.3 Å². The van der Waals surface area contributed by atoms with Gasteiger partial charge >= 0.3 is 0 Å². The highest BCUT2D eigenvalue weighted by Crippen LogP contribution is 2.12. The lowest BCUT2D eigenvalue weighted by Gasteiger charge is -2.07. The summed E-state index contributed by atoms with van der Waals surface area (Å²) in [7, 11) is 3.12. The predicted octanol–water partition coefficient (Wildman–Crippen LogP) is 0.856. The van der Waals surface area contributed by atoms with E-state index in [9.17, 15) is 4.79 Å². The van der Waals surface area contributed by atoms with Crippen LogP contribution >= 0.6 is 0 Å². The molecule has 1 amide bonds. The molecule has 0 spiro atoms. The van der Waals surface area contributed by atoms with Crippen molar-refractivity contribution in [2.24, 2.45) is 0 Å². The molecule has 1 aromatic heterocycles. The van der Waals surface area contributed by atoms with E-state index in [1.165, 1.54) is 7.11 Å². The van der Waals surface area contributed by atoms with Gasteiger partial charge < -0.3 is 14.8 Å². The van der Waals surface area contributed by atoms with Gasteiger partial charge in [0.05, 0.1) is 7.11 Å². The van der Waals surface area contributed by atoms with E-state index in [1.54, 1.807) is 25.4 Å². The van der Waals surface area contributed by atoms with Crippen molar-refractivity contribution >= 4 is 5.91 Å². The Bertz CT molecular complexity index is 342. The van der Waals surface area contributed by atoms with Crippen molar-refractivity contribution in [1.82, 2.24) is 10.3 Å². The third kappa shape index (κ3) is 3.51. The van der Waals surface area contributed by atoms with Crippen LogP contribution < -0.4 is 10.1 Å². The number of amides is 1. The first-order valence-corrected chi connectivity index (χ1v) is 5.05. The molecule has 1 heterocycles. The highest BCUT2D eigenvalue weighted by molar-refractivity contribution is 5.96. The molecular weight excluding hydrogens is 208 g/mol. The molecule has 0 radical (unpaired) electrons. The van der Waals surface area contributed by atoms with E-state index in [-0.39, 0.29) is 5.91 Å². The Hall–Kier alpha value is -1.62. The molecular formula is C11H16N2O3. The molecule has 0 aliphatic rings. The second kappa shape index (κ2) is 6.79. The average molecular weight is 224 g/mol. The number of aromatic nitrogens is 1. The van der Waals surface area contributed by atoms with Gasteiger partial charge in [0.1, 0.15) is 5.56 Å². The molecule has 1 aromatic rings. The minimum absolute atomic E-state index is 0.180. The first-order chi connectivity index (χ1) is 7.79. The second-order valence-electron chi connectivity index (χ2n) is 3.16. The fraction of sp³-hybridized carbons (Fsp3) is 0.455. The molecule has 0 unspecified atom stereocenters. The van der Waals surface area contributed by atoms with Crippen LogP contribution in [0.15, 0.2) is 18.3 Å². The van der Waals surface area contributed by atoms with Gasteiger partial charge in [-0.15, -0.1) is 0 Å². The Morgan fingerprint density at radius 1 is 1.50 bits per heavy atom. The molecule has 0 aliphatic carbocycles. The van der Waals surface area contributed by atoms with Gasteiger partial charge in [0, 0.05) is 26.5 Å². The van der Waals surface area contributed by atoms with Crippen LogP contribution in [0, 0.1) is 0 Å². The normalized spacial score (nSPS) is 9.88. The summed E-state index contributed by atoms with van der Waals surface area (Å²) in [5.41, 5.74) is 0.447. The Labute approximate surface area is 94.8 Å². The number of pyridine rings is 1. The number of ether oxygens (including phenoxy) is 2. The maximum atomic E-state index is 11.7. The Balaban J connectivity index is 2.52. The van der Waals surface area contributed by atoms with Crippen molar-refractivity contribution in [1.29, 1.82) is 0 Å². The summed E-state index contributed by atoms with van der Waals surface area (Å²) in [5.74, 6) is 0.160.